The molecule has 0 bridgehead atoms. The molecule has 2 atom stereocenters. The van der Waals surface area contributed by atoms with Gasteiger partial charge in [-0.3, -0.25) is 9.10 Å². The summed E-state index contributed by atoms with van der Waals surface area (Å²) < 4.78 is 52.1. The molecule has 2 aromatic rings. The molecule has 0 aliphatic carbocycles. The molecule has 0 unspecified atom stereocenters. The molecule has 0 aliphatic heterocycles. The van der Waals surface area contributed by atoms with E-state index in [2.05, 4.69) is 5.32 Å². The number of nitrogens with zero attached hydrogens (tertiary/aromatic N) is 1. The van der Waals surface area contributed by atoms with Crippen molar-refractivity contribution < 1.29 is 22.0 Å². The van der Waals surface area contributed by atoms with Gasteiger partial charge < -0.3 is 5.32 Å². The van der Waals surface area contributed by atoms with Gasteiger partial charge in [0.1, 0.15) is 6.04 Å². The fourth-order valence-electron chi connectivity index (χ4n) is 2.88. The van der Waals surface area contributed by atoms with Crippen LogP contribution in [0.3, 0.4) is 0 Å². The highest BCUT2D eigenvalue weighted by molar-refractivity contribution is 7.92. The van der Waals surface area contributed by atoms with Gasteiger partial charge in [-0.15, -0.1) is 0 Å². The van der Waals surface area contributed by atoms with Crippen molar-refractivity contribution >= 4 is 21.6 Å². The SMILES string of the molecule is Cc1ccc([C@@H](C)NC(=O)[C@@H](C)N(c2ccc(F)c(F)c2)S(C)(=O)=O)cc1C. The summed E-state index contributed by atoms with van der Waals surface area (Å²) in [4.78, 5) is 12.7. The largest absolute Gasteiger partial charge is 0.348 e. The van der Waals surface area contributed by atoms with E-state index < -0.39 is 33.6 Å². The van der Waals surface area contributed by atoms with E-state index >= 15 is 0 Å². The molecular weight excluding hydrogens is 386 g/mol. The molecular formula is C20H24F2N2O3S. The first-order valence-corrected chi connectivity index (χ1v) is 10.6. The van der Waals surface area contributed by atoms with Crippen LogP contribution in [0.5, 0.6) is 0 Å². The van der Waals surface area contributed by atoms with Gasteiger partial charge in [-0.05, 0) is 56.5 Å². The summed E-state index contributed by atoms with van der Waals surface area (Å²) in [6.07, 6.45) is 0.908. The zero-order valence-electron chi connectivity index (χ0n) is 16.5. The van der Waals surface area contributed by atoms with E-state index in [1.165, 1.54) is 6.92 Å². The molecule has 0 spiro atoms. The van der Waals surface area contributed by atoms with Crippen molar-refractivity contribution in [3.8, 4) is 0 Å². The first-order valence-electron chi connectivity index (χ1n) is 8.73. The Morgan fingerprint density at radius 3 is 2.18 bits per heavy atom. The third kappa shape index (κ3) is 4.86. The van der Waals surface area contributed by atoms with Gasteiger partial charge >= 0.3 is 0 Å². The van der Waals surface area contributed by atoms with Crippen LogP contribution >= 0.6 is 0 Å². The molecule has 8 heteroatoms. The van der Waals surface area contributed by atoms with E-state index in [0.717, 1.165) is 45.5 Å². The molecule has 0 saturated carbocycles. The highest BCUT2D eigenvalue weighted by Gasteiger charge is 2.30. The monoisotopic (exact) mass is 410 g/mol. The number of benzene rings is 2. The van der Waals surface area contributed by atoms with Crippen LogP contribution in [-0.2, 0) is 14.8 Å². The Labute approximate surface area is 164 Å². The lowest BCUT2D eigenvalue weighted by molar-refractivity contribution is -0.122. The quantitative estimate of drug-likeness (QED) is 0.791. The van der Waals surface area contributed by atoms with E-state index in [0.29, 0.717) is 0 Å². The minimum absolute atomic E-state index is 0.122. The van der Waals surface area contributed by atoms with Crippen molar-refractivity contribution in [1.82, 2.24) is 5.32 Å². The van der Waals surface area contributed by atoms with E-state index in [9.17, 15) is 22.0 Å². The van der Waals surface area contributed by atoms with E-state index in [1.807, 2.05) is 32.0 Å². The van der Waals surface area contributed by atoms with E-state index in [-0.39, 0.29) is 11.7 Å². The number of aryl methyl sites for hydroxylation is 2. The Morgan fingerprint density at radius 2 is 1.64 bits per heavy atom. The summed E-state index contributed by atoms with van der Waals surface area (Å²) >= 11 is 0. The predicted molar refractivity (Wildman–Crippen MR) is 106 cm³/mol. The van der Waals surface area contributed by atoms with Crippen LogP contribution in [-0.4, -0.2) is 26.6 Å². The fourth-order valence-corrected chi connectivity index (χ4v) is 4.05. The lowest BCUT2D eigenvalue weighted by Gasteiger charge is -2.29. The third-order valence-electron chi connectivity index (χ3n) is 4.64. The van der Waals surface area contributed by atoms with Crippen LogP contribution in [0.2, 0.25) is 0 Å². The number of hydrogen-bond donors (Lipinski definition) is 1. The molecule has 0 aliphatic rings. The van der Waals surface area contributed by atoms with Crippen molar-refractivity contribution in [3.63, 3.8) is 0 Å². The number of nitrogens with one attached hydrogen (secondary N) is 1. The lowest BCUT2D eigenvalue weighted by Crippen LogP contribution is -2.48. The molecule has 1 amide bonds. The van der Waals surface area contributed by atoms with Crippen molar-refractivity contribution in [2.75, 3.05) is 10.6 Å². The average molecular weight is 410 g/mol. The zero-order chi connectivity index (χ0) is 21.2. The molecule has 0 saturated heterocycles. The smallest absolute Gasteiger partial charge is 0.244 e. The molecule has 0 radical (unpaired) electrons. The van der Waals surface area contributed by atoms with Crippen molar-refractivity contribution in [2.45, 2.75) is 39.8 Å². The second kappa shape index (κ2) is 8.26. The number of carbonyl (C=O) groups is 1. The molecule has 0 heterocycles. The first-order chi connectivity index (χ1) is 12.9. The van der Waals surface area contributed by atoms with Gasteiger partial charge in [0.05, 0.1) is 18.0 Å². The molecule has 5 nitrogen and oxygen atoms in total. The summed E-state index contributed by atoms with van der Waals surface area (Å²) in [6.45, 7) is 7.13. The Morgan fingerprint density at radius 1 is 1.00 bits per heavy atom. The molecule has 2 aromatic carbocycles. The topological polar surface area (TPSA) is 66.5 Å². The maximum Gasteiger partial charge on any atom is 0.244 e. The van der Waals surface area contributed by atoms with Gasteiger partial charge in [-0.2, -0.15) is 0 Å². The van der Waals surface area contributed by atoms with Crippen molar-refractivity contribution in [1.29, 1.82) is 0 Å². The Balaban J connectivity index is 2.28. The van der Waals surface area contributed by atoms with Gasteiger partial charge in [0, 0.05) is 6.07 Å². The van der Waals surface area contributed by atoms with Gasteiger partial charge in [-0.25, -0.2) is 17.2 Å². The number of anilines is 1. The molecule has 2 rings (SSSR count). The van der Waals surface area contributed by atoms with Crippen LogP contribution in [0, 0.1) is 25.5 Å². The van der Waals surface area contributed by atoms with Gasteiger partial charge in [-0.1, -0.05) is 18.2 Å². The van der Waals surface area contributed by atoms with Crippen LogP contribution in [0.15, 0.2) is 36.4 Å². The number of sulfonamides is 1. The normalized spacial score (nSPS) is 13.7. The van der Waals surface area contributed by atoms with Crippen LogP contribution in [0.1, 0.15) is 36.6 Å². The second-order valence-electron chi connectivity index (χ2n) is 6.91. The summed E-state index contributed by atoms with van der Waals surface area (Å²) in [5.74, 6) is -2.85. The Kier molecular flexibility index (Phi) is 6.44. The van der Waals surface area contributed by atoms with Crippen LogP contribution < -0.4 is 9.62 Å². The minimum Gasteiger partial charge on any atom is -0.348 e. The number of hydrogen-bond acceptors (Lipinski definition) is 3. The third-order valence-corrected chi connectivity index (χ3v) is 5.88. The number of halogens is 2. The molecule has 0 fully saturated rings. The summed E-state index contributed by atoms with van der Waals surface area (Å²) in [5, 5.41) is 2.78. The van der Waals surface area contributed by atoms with E-state index in [4.69, 9.17) is 0 Å². The highest BCUT2D eigenvalue weighted by Crippen LogP contribution is 2.24. The number of amides is 1. The Bertz CT molecular complexity index is 993. The van der Waals surface area contributed by atoms with Gasteiger partial charge in [0.15, 0.2) is 11.6 Å². The summed E-state index contributed by atoms with van der Waals surface area (Å²) in [5.41, 5.74) is 2.95. The number of carbonyl (C=O) groups excluding carboxylic acids is 1. The zero-order valence-corrected chi connectivity index (χ0v) is 17.3. The summed E-state index contributed by atoms with van der Waals surface area (Å²) in [7, 11) is -3.92. The maximum atomic E-state index is 13.6. The first kappa shape index (κ1) is 21.8. The van der Waals surface area contributed by atoms with Crippen molar-refractivity contribution in [2.24, 2.45) is 0 Å². The Hall–Kier alpha value is -2.48. The van der Waals surface area contributed by atoms with Crippen LogP contribution in [0.25, 0.3) is 0 Å². The maximum absolute atomic E-state index is 13.6. The van der Waals surface area contributed by atoms with E-state index in [1.54, 1.807) is 6.92 Å². The van der Waals surface area contributed by atoms with Crippen LogP contribution in [0.4, 0.5) is 14.5 Å². The summed E-state index contributed by atoms with van der Waals surface area (Å²) in [6, 6.07) is 6.97. The highest BCUT2D eigenvalue weighted by atomic mass is 32.2. The predicted octanol–water partition coefficient (Wildman–Crippen LogP) is 3.61. The minimum atomic E-state index is -3.92. The molecule has 152 valence electrons. The second-order valence-corrected chi connectivity index (χ2v) is 8.77. The molecule has 0 aromatic heterocycles. The number of rotatable bonds is 6. The van der Waals surface area contributed by atoms with Gasteiger partial charge in [0.25, 0.3) is 0 Å². The van der Waals surface area contributed by atoms with Crippen molar-refractivity contribution in [3.05, 3.63) is 64.7 Å². The average Bonchev–Trinajstić information content (AvgIpc) is 2.59. The van der Waals surface area contributed by atoms with Gasteiger partial charge in [0.2, 0.25) is 15.9 Å². The lowest BCUT2D eigenvalue weighted by atomic mass is 10.0. The molecule has 1 N–H and O–H groups in total. The molecule has 28 heavy (non-hydrogen) atoms. The fraction of sp³-hybridized carbons (Fsp3) is 0.350. The standard InChI is InChI=1S/C20H24F2N2O3S/c1-12-6-7-16(10-13(12)2)14(3)23-20(25)15(4)24(28(5,26)27)17-8-9-18(21)19(22)11-17/h6-11,14-15H,1-5H3,(H,23,25)/t14-,15-/m1/s1.